The van der Waals surface area contributed by atoms with E-state index in [1.54, 1.807) is 12.1 Å². The third-order valence-electron chi connectivity index (χ3n) is 3.57. The van der Waals surface area contributed by atoms with Crippen LogP contribution in [0.1, 0.15) is 30.6 Å². The van der Waals surface area contributed by atoms with Crippen LogP contribution in [-0.2, 0) is 11.2 Å². The van der Waals surface area contributed by atoms with Crippen molar-refractivity contribution in [2.24, 2.45) is 11.8 Å². The first kappa shape index (κ1) is 14.9. The van der Waals surface area contributed by atoms with Crippen molar-refractivity contribution in [1.82, 2.24) is 0 Å². The minimum Gasteiger partial charge on any atom is -0.299 e. The summed E-state index contributed by atoms with van der Waals surface area (Å²) in [4.78, 5) is 12.9. The van der Waals surface area contributed by atoms with Gasteiger partial charge in [-0.3, -0.25) is 4.79 Å². The molecule has 6 heteroatoms. The Balaban J connectivity index is 1.95. The van der Waals surface area contributed by atoms with Crippen LogP contribution in [0.4, 0.5) is 13.2 Å². The first-order valence-electron chi connectivity index (χ1n) is 6.20. The standard InChI is InChI=1S/C13H14ClF3OS/c14-12-5-4-10(19-12)7-11(18)8-2-1-3-9(6-8)13(15,16)17/h4-5,8-9H,1-3,6-7H2. The van der Waals surface area contributed by atoms with Gasteiger partial charge in [-0.15, -0.1) is 11.3 Å². The number of hydrogen-bond donors (Lipinski definition) is 0. The zero-order valence-corrected chi connectivity index (χ0v) is 11.7. The topological polar surface area (TPSA) is 17.1 Å². The molecule has 1 aromatic rings. The fourth-order valence-electron chi connectivity index (χ4n) is 2.54. The van der Waals surface area contributed by atoms with Crippen molar-refractivity contribution in [1.29, 1.82) is 0 Å². The monoisotopic (exact) mass is 310 g/mol. The Hall–Kier alpha value is -0.550. The molecule has 1 aliphatic rings. The molecular formula is C13H14ClF3OS. The smallest absolute Gasteiger partial charge is 0.299 e. The summed E-state index contributed by atoms with van der Waals surface area (Å²) in [5.41, 5.74) is 0. The lowest BCUT2D eigenvalue weighted by atomic mass is 9.78. The zero-order valence-electron chi connectivity index (χ0n) is 10.2. The van der Waals surface area contributed by atoms with Crippen LogP contribution in [0, 0.1) is 11.8 Å². The van der Waals surface area contributed by atoms with Crippen molar-refractivity contribution in [3.63, 3.8) is 0 Å². The minimum absolute atomic E-state index is 0.0541. The summed E-state index contributed by atoms with van der Waals surface area (Å²) < 4.78 is 38.6. The molecule has 0 spiro atoms. The Labute approximate surface area is 118 Å². The van der Waals surface area contributed by atoms with Gasteiger partial charge in [0.05, 0.1) is 10.3 Å². The molecule has 0 bridgehead atoms. The average Bonchev–Trinajstić information content (AvgIpc) is 2.74. The van der Waals surface area contributed by atoms with Crippen LogP contribution >= 0.6 is 22.9 Å². The number of Topliss-reactive ketones (excluding diaryl/α,β-unsaturated/α-hetero) is 1. The maximum atomic E-state index is 12.7. The molecule has 1 aliphatic carbocycles. The predicted octanol–water partition coefficient (Wildman–Crippen LogP) is 4.88. The van der Waals surface area contributed by atoms with E-state index in [0.717, 1.165) is 4.88 Å². The van der Waals surface area contributed by atoms with Crippen LogP contribution in [0.3, 0.4) is 0 Å². The largest absolute Gasteiger partial charge is 0.391 e. The molecule has 2 atom stereocenters. The van der Waals surface area contributed by atoms with Crippen LogP contribution < -0.4 is 0 Å². The van der Waals surface area contributed by atoms with Gasteiger partial charge in [-0.2, -0.15) is 13.2 Å². The molecule has 2 rings (SSSR count). The van der Waals surface area contributed by atoms with Crippen molar-refractivity contribution in [3.8, 4) is 0 Å². The molecule has 0 amide bonds. The van der Waals surface area contributed by atoms with E-state index < -0.39 is 18.0 Å². The second-order valence-electron chi connectivity index (χ2n) is 4.95. The highest BCUT2D eigenvalue weighted by Crippen LogP contribution is 2.40. The zero-order chi connectivity index (χ0) is 14.0. The van der Waals surface area contributed by atoms with Gasteiger partial charge in [0.25, 0.3) is 0 Å². The molecule has 2 unspecified atom stereocenters. The van der Waals surface area contributed by atoms with E-state index in [9.17, 15) is 18.0 Å². The van der Waals surface area contributed by atoms with Crippen LogP contribution in [-0.4, -0.2) is 12.0 Å². The van der Waals surface area contributed by atoms with E-state index in [2.05, 4.69) is 0 Å². The molecule has 0 radical (unpaired) electrons. The first-order valence-corrected chi connectivity index (χ1v) is 7.39. The third-order valence-corrected chi connectivity index (χ3v) is 4.80. The van der Waals surface area contributed by atoms with Gasteiger partial charge in [0.15, 0.2) is 0 Å². The van der Waals surface area contributed by atoms with Crippen LogP contribution in [0.25, 0.3) is 0 Å². The molecule has 1 nitrogen and oxygen atoms in total. The van der Waals surface area contributed by atoms with E-state index >= 15 is 0 Å². The van der Waals surface area contributed by atoms with E-state index in [-0.39, 0.29) is 25.0 Å². The Morgan fingerprint density at radius 1 is 1.37 bits per heavy atom. The first-order chi connectivity index (χ1) is 8.86. The average molecular weight is 311 g/mol. The Morgan fingerprint density at radius 3 is 2.68 bits per heavy atom. The Morgan fingerprint density at radius 2 is 2.11 bits per heavy atom. The molecule has 0 N–H and O–H groups in total. The molecule has 0 saturated heterocycles. The molecule has 0 aliphatic heterocycles. The Kier molecular flexibility index (Phi) is 4.56. The lowest BCUT2D eigenvalue weighted by Crippen LogP contribution is -2.32. The summed E-state index contributed by atoms with van der Waals surface area (Å²) >= 11 is 7.08. The number of carbonyl (C=O) groups excluding carboxylic acids is 1. The minimum atomic E-state index is -4.18. The van der Waals surface area contributed by atoms with Crippen molar-refractivity contribution in [3.05, 3.63) is 21.3 Å². The van der Waals surface area contributed by atoms with Crippen molar-refractivity contribution in [2.45, 2.75) is 38.3 Å². The number of ketones is 1. The van der Waals surface area contributed by atoms with Gasteiger partial charge in [-0.1, -0.05) is 18.0 Å². The number of thiophene rings is 1. The van der Waals surface area contributed by atoms with E-state index in [0.29, 0.717) is 17.2 Å². The molecule has 1 heterocycles. The second-order valence-corrected chi connectivity index (χ2v) is 6.75. The van der Waals surface area contributed by atoms with Crippen LogP contribution in [0.2, 0.25) is 4.34 Å². The Bertz CT molecular complexity index is 455. The lowest BCUT2D eigenvalue weighted by Gasteiger charge is -2.29. The normalized spacial score (nSPS) is 24.4. The molecule has 1 fully saturated rings. The molecular weight excluding hydrogens is 297 g/mol. The maximum Gasteiger partial charge on any atom is 0.391 e. The number of hydrogen-bond acceptors (Lipinski definition) is 2. The SMILES string of the molecule is O=C(Cc1ccc(Cl)s1)C1CCCC(C(F)(F)F)C1. The summed E-state index contributed by atoms with van der Waals surface area (Å²) in [6.07, 6.45) is -2.83. The van der Waals surface area contributed by atoms with E-state index in [4.69, 9.17) is 11.6 Å². The van der Waals surface area contributed by atoms with Gasteiger partial charge < -0.3 is 0 Å². The van der Waals surface area contributed by atoms with E-state index in [1.165, 1.54) is 11.3 Å². The third kappa shape index (κ3) is 3.96. The highest BCUT2D eigenvalue weighted by atomic mass is 35.5. The van der Waals surface area contributed by atoms with Gasteiger partial charge in [-0.05, 0) is 31.4 Å². The summed E-state index contributed by atoms with van der Waals surface area (Å²) in [6.45, 7) is 0. The van der Waals surface area contributed by atoms with Crippen LogP contribution in [0.15, 0.2) is 12.1 Å². The number of rotatable bonds is 3. The van der Waals surface area contributed by atoms with E-state index in [1.807, 2.05) is 0 Å². The van der Waals surface area contributed by atoms with Gasteiger partial charge in [0, 0.05) is 17.2 Å². The summed E-state index contributed by atoms with van der Waals surface area (Å²) in [5.74, 6) is -1.86. The summed E-state index contributed by atoms with van der Waals surface area (Å²) in [5, 5.41) is 0. The lowest BCUT2D eigenvalue weighted by molar-refractivity contribution is -0.186. The number of alkyl halides is 3. The summed E-state index contributed by atoms with van der Waals surface area (Å²) in [6, 6.07) is 3.46. The highest BCUT2D eigenvalue weighted by Gasteiger charge is 2.43. The quantitative estimate of drug-likeness (QED) is 0.777. The number of carbonyl (C=O) groups is 1. The second kappa shape index (κ2) is 5.83. The summed E-state index contributed by atoms with van der Waals surface area (Å²) in [7, 11) is 0. The maximum absolute atomic E-state index is 12.7. The van der Waals surface area contributed by atoms with Crippen molar-refractivity contribution in [2.75, 3.05) is 0 Å². The molecule has 1 aromatic heterocycles. The fourth-order valence-corrected chi connectivity index (χ4v) is 3.64. The van der Waals surface area contributed by atoms with Gasteiger partial charge in [0.1, 0.15) is 5.78 Å². The van der Waals surface area contributed by atoms with Gasteiger partial charge >= 0.3 is 6.18 Å². The molecule has 0 aromatic carbocycles. The molecule has 19 heavy (non-hydrogen) atoms. The van der Waals surface area contributed by atoms with Gasteiger partial charge in [0.2, 0.25) is 0 Å². The number of halogens is 4. The molecule has 106 valence electrons. The van der Waals surface area contributed by atoms with Gasteiger partial charge in [-0.25, -0.2) is 0 Å². The predicted molar refractivity (Wildman–Crippen MR) is 69.5 cm³/mol. The van der Waals surface area contributed by atoms with Crippen molar-refractivity contribution < 1.29 is 18.0 Å². The highest BCUT2D eigenvalue weighted by molar-refractivity contribution is 7.16. The van der Waals surface area contributed by atoms with Crippen molar-refractivity contribution >= 4 is 28.7 Å². The molecule has 1 saturated carbocycles. The fraction of sp³-hybridized carbons (Fsp3) is 0.615. The van der Waals surface area contributed by atoms with Crippen LogP contribution in [0.5, 0.6) is 0 Å².